The number of carbonyl (C=O) groups is 1. The highest BCUT2D eigenvalue weighted by Crippen LogP contribution is 2.17. The number of benzene rings is 1. The van der Waals surface area contributed by atoms with Gasteiger partial charge < -0.3 is 10.6 Å². The van der Waals surface area contributed by atoms with Crippen LogP contribution in [0.3, 0.4) is 0 Å². The summed E-state index contributed by atoms with van der Waals surface area (Å²) >= 11 is 5.92. The van der Waals surface area contributed by atoms with Gasteiger partial charge in [-0.3, -0.25) is 9.69 Å². The van der Waals surface area contributed by atoms with E-state index in [0.29, 0.717) is 6.04 Å². The minimum Gasteiger partial charge on any atom is -0.353 e. The minimum absolute atomic E-state index is 0.173. The van der Waals surface area contributed by atoms with Crippen LogP contribution in [-0.2, 0) is 11.3 Å². The van der Waals surface area contributed by atoms with Crippen LogP contribution < -0.4 is 10.6 Å². The van der Waals surface area contributed by atoms with Crippen LogP contribution in [-0.4, -0.2) is 43.0 Å². The van der Waals surface area contributed by atoms with Crippen LogP contribution in [0.2, 0.25) is 5.02 Å². The molecule has 3 rings (SSSR count). The molecule has 2 heterocycles. The number of nitrogens with one attached hydrogen (secondary N) is 2. The Balaban J connectivity index is 1.42. The number of rotatable bonds is 4. The lowest BCUT2D eigenvalue weighted by Crippen LogP contribution is -2.46. The highest BCUT2D eigenvalue weighted by Gasteiger charge is 2.26. The molecule has 0 saturated carbocycles. The molecule has 1 amide bonds. The molecule has 2 saturated heterocycles. The topological polar surface area (TPSA) is 44.4 Å². The predicted molar refractivity (Wildman–Crippen MR) is 88.9 cm³/mol. The number of carbonyl (C=O) groups excluding carboxylic acids is 1. The van der Waals surface area contributed by atoms with E-state index in [1.54, 1.807) is 0 Å². The van der Waals surface area contributed by atoms with Crippen LogP contribution >= 0.6 is 11.6 Å². The maximum absolute atomic E-state index is 12.1. The summed E-state index contributed by atoms with van der Waals surface area (Å²) in [5.41, 5.74) is 1.30. The Labute approximate surface area is 137 Å². The average Bonchev–Trinajstić information content (AvgIpc) is 3.06. The van der Waals surface area contributed by atoms with Crippen LogP contribution in [0.5, 0.6) is 0 Å². The summed E-state index contributed by atoms with van der Waals surface area (Å²) in [5, 5.41) is 7.26. The predicted octanol–water partition coefficient (Wildman–Crippen LogP) is 2.03. The molecule has 22 heavy (non-hydrogen) atoms. The average molecular weight is 322 g/mol. The third kappa shape index (κ3) is 4.22. The molecule has 1 atom stereocenters. The molecule has 1 unspecified atom stereocenters. The molecular weight excluding hydrogens is 298 g/mol. The number of halogens is 1. The second-order valence-corrected chi connectivity index (χ2v) is 6.81. The van der Waals surface area contributed by atoms with E-state index >= 15 is 0 Å². The van der Waals surface area contributed by atoms with Gasteiger partial charge in [-0.25, -0.2) is 0 Å². The first-order chi connectivity index (χ1) is 10.7. The van der Waals surface area contributed by atoms with Gasteiger partial charge in [0.1, 0.15) is 0 Å². The molecule has 2 fully saturated rings. The molecule has 1 aromatic carbocycles. The van der Waals surface area contributed by atoms with E-state index < -0.39 is 0 Å². The van der Waals surface area contributed by atoms with Crippen LogP contribution in [0.1, 0.15) is 24.8 Å². The van der Waals surface area contributed by atoms with Crippen molar-refractivity contribution in [1.82, 2.24) is 15.5 Å². The van der Waals surface area contributed by atoms with Gasteiger partial charge in [0.2, 0.25) is 5.91 Å². The Morgan fingerprint density at radius 3 is 2.59 bits per heavy atom. The van der Waals surface area contributed by atoms with Gasteiger partial charge in [-0.2, -0.15) is 0 Å². The van der Waals surface area contributed by atoms with Crippen molar-refractivity contribution in [2.24, 2.45) is 5.92 Å². The highest BCUT2D eigenvalue weighted by molar-refractivity contribution is 6.30. The first-order valence-electron chi connectivity index (χ1n) is 8.18. The molecule has 1 aromatic rings. The molecule has 0 aliphatic carbocycles. The van der Waals surface area contributed by atoms with E-state index in [2.05, 4.69) is 27.7 Å². The molecule has 0 spiro atoms. The van der Waals surface area contributed by atoms with Crippen LogP contribution in [0.15, 0.2) is 24.3 Å². The summed E-state index contributed by atoms with van der Waals surface area (Å²) in [4.78, 5) is 14.6. The summed E-state index contributed by atoms with van der Waals surface area (Å²) in [6.45, 7) is 4.84. The van der Waals surface area contributed by atoms with E-state index in [9.17, 15) is 4.79 Å². The van der Waals surface area contributed by atoms with Gasteiger partial charge in [0.05, 0.1) is 5.92 Å². The normalized spacial score (nSPS) is 23.6. The van der Waals surface area contributed by atoms with E-state index in [1.165, 1.54) is 5.56 Å². The molecule has 2 N–H and O–H groups in total. The van der Waals surface area contributed by atoms with Crippen molar-refractivity contribution < 1.29 is 4.79 Å². The van der Waals surface area contributed by atoms with Gasteiger partial charge in [0.25, 0.3) is 0 Å². The number of hydrogen-bond donors (Lipinski definition) is 2. The summed E-state index contributed by atoms with van der Waals surface area (Å²) < 4.78 is 0. The number of hydrogen-bond acceptors (Lipinski definition) is 3. The van der Waals surface area contributed by atoms with Crippen molar-refractivity contribution in [2.45, 2.75) is 31.8 Å². The number of likely N-dealkylation sites (tertiary alicyclic amines) is 1. The molecule has 0 aromatic heterocycles. The molecule has 2 aliphatic heterocycles. The van der Waals surface area contributed by atoms with Crippen molar-refractivity contribution in [3.63, 3.8) is 0 Å². The van der Waals surface area contributed by atoms with Crippen molar-refractivity contribution in [3.05, 3.63) is 34.9 Å². The van der Waals surface area contributed by atoms with Gasteiger partial charge >= 0.3 is 0 Å². The zero-order chi connectivity index (χ0) is 15.4. The quantitative estimate of drug-likeness (QED) is 0.892. The van der Waals surface area contributed by atoms with E-state index in [0.717, 1.165) is 57.0 Å². The van der Waals surface area contributed by atoms with Crippen molar-refractivity contribution >= 4 is 17.5 Å². The molecule has 5 heteroatoms. The fraction of sp³-hybridized carbons (Fsp3) is 0.588. The first-order valence-corrected chi connectivity index (χ1v) is 8.56. The Kier molecular flexibility index (Phi) is 5.34. The summed E-state index contributed by atoms with van der Waals surface area (Å²) in [5.74, 6) is 0.410. The largest absolute Gasteiger partial charge is 0.353 e. The van der Waals surface area contributed by atoms with E-state index in [1.807, 2.05) is 12.1 Å². The SMILES string of the molecule is O=C(NC1CCN(Cc2ccc(Cl)cc2)CC1)C1CCNC1. The molecular formula is C17H24ClN3O. The van der Waals surface area contributed by atoms with Crippen molar-refractivity contribution in [2.75, 3.05) is 26.2 Å². The maximum atomic E-state index is 12.1. The minimum atomic E-state index is 0.173. The zero-order valence-electron chi connectivity index (χ0n) is 12.9. The fourth-order valence-electron chi connectivity index (χ4n) is 3.28. The van der Waals surface area contributed by atoms with E-state index in [4.69, 9.17) is 11.6 Å². The van der Waals surface area contributed by atoms with Crippen molar-refractivity contribution in [3.8, 4) is 0 Å². The molecule has 4 nitrogen and oxygen atoms in total. The summed E-state index contributed by atoms with van der Waals surface area (Å²) in [7, 11) is 0. The van der Waals surface area contributed by atoms with Gasteiger partial charge in [0, 0.05) is 37.2 Å². The van der Waals surface area contributed by atoms with Gasteiger partial charge in [-0.05, 0) is 43.5 Å². The van der Waals surface area contributed by atoms with Crippen LogP contribution in [0, 0.1) is 5.92 Å². The number of piperidine rings is 1. The third-order valence-electron chi connectivity index (χ3n) is 4.68. The molecule has 2 aliphatic rings. The number of amides is 1. The van der Waals surface area contributed by atoms with Crippen molar-refractivity contribution in [1.29, 1.82) is 0 Å². The van der Waals surface area contributed by atoms with E-state index in [-0.39, 0.29) is 11.8 Å². The lowest BCUT2D eigenvalue weighted by Gasteiger charge is -2.32. The standard InChI is InChI=1S/C17H24ClN3O/c18-15-3-1-13(2-4-15)12-21-9-6-16(7-10-21)20-17(22)14-5-8-19-11-14/h1-4,14,16,19H,5-12H2,(H,20,22). The number of nitrogens with zero attached hydrogens (tertiary/aromatic N) is 1. The molecule has 0 bridgehead atoms. The maximum Gasteiger partial charge on any atom is 0.224 e. The van der Waals surface area contributed by atoms with Crippen LogP contribution in [0.4, 0.5) is 0 Å². The second kappa shape index (κ2) is 7.44. The molecule has 120 valence electrons. The Morgan fingerprint density at radius 2 is 1.95 bits per heavy atom. The van der Waals surface area contributed by atoms with Gasteiger partial charge in [-0.15, -0.1) is 0 Å². The Morgan fingerprint density at radius 1 is 1.23 bits per heavy atom. The Bertz CT molecular complexity index is 491. The van der Waals surface area contributed by atoms with Crippen LogP contribution in [0.25, 0.3) is 0 Å². The summed E-state index contributed by atoms with van der Waals surface area (Å²) in [6, 6.07) is 8.40. The fourth-order valence-corrected chi connectivity index (χ4v) is 3.41. The molecule has 0 radical (unpaired) electrons. The third-order valence-corrected chi connectivity index (χ3v) is 4.94. The highest BCUT2D eigenvalue weighted by atomic mass is 35.5. The lowest BCUT2D eigenvalue weighted by atomic mass is 10.0. The summed E-state index contributed by atoms with van der Waals surface area (Å²) in [6.07, 6.45) is 3.06. The Hall–Kier alpha value is -1.10. The smallest absolute Gasteiger partial charge is 0.224 e. The zero-order valence-corrected chi connectivity index (χ0v) is 13.6. The second-order valence-electron chi connectivity index (χ2n) is 6.38. The first kappa shape index (κ1) is 15.8. The van der Waals surface area contributed by atoms with Gasteiger partial charge in [0.15, 0.2) is 0 Å². The van der Waals surface area contributed by atoms with Gasteiger partial charge in [-0.1, -0.05) is 23.7 Å². The lowest BCUT2D eigenvalue weighted by molar-refractivity contribution is -0.125. The monoisotopic (exact) mass is 321 g/mol.